The number of anilines is 1. The smallest absolute Gasteiger partial charge is 0.234 e. The van der Waals surface area contributed by atoms with E-state index in [-0.39, 0.29) is 11.7 Å². The molecular weight excluding hydrogens is 450 g/mol. The molecule has 6 nitrogen and oxygen atoms in total. The standard InChI is InChI=1S/C25H25N5OS2/c31-23(26-20-12-10-19(11-13-20)17-29-14-4-5-15-29)18-33-25-28-27-24(22-9-6-16-32-22)30(25)21-7-2-1-3-8-21/h1-3,6-13,16H,4-5,14-15,17-18H2,(H,26,31). The van der Waals surface area contributed by atoms with Gasteiger partial charge < -0.3 is 5.32 Å². The monoisotopic (exact) mass is 475 g/mol. The number of hydrogen-bond acceptors (Lipinski definition) is 6. The Balaban J connectivity index is 1.24. The van der Waals surface area contributed by atoms with E-state index in [0.717, 1.165) is 28.6 Å². The molecule has 2 aromatic carbocycles. The summed E-state index contributed by atoms with van der Waals surface area (Å²) in [5.41, 5.74) is 3.07. The minimum Gasteiger partial charge on any atom is -0.325 e. The third kappa shape index (κ3) is 5.35. The van der Waals surface area contributed by atoms with Gasteiger partial charge in [0, 0.05) is 17.9 Å². The predicted molar refractivity (Wildman–Crippen MR) is 135 cm³/mol. The first kappa shape index (κ1) is 21.9. The molecule has 1 N–H and O–H groups in total. The summed E-state index contributed by atoms with van der Waals surface area (Å²) in [6, 6.07) is 22.2. The topological polar surface area (TPSA) is 63.1 Å². The zero-order valence-corrected chi connectivity index (χ0v) is 19.8. The zero-order chi connectivity index (χ0) is 22.5. The van der Waals surface area contributed by atoms with E-state index in [0.29, 0.717) is 5.16 Å². The Hall–Kier alpha value is -2.94. The van der Waals surface area contributed by atoms with Gasteiger partial charge in [-0.1, -0.05) is 48.2 Å². The Labute approximate surface area is 201 Å². The van der Waals surface area contributed by atoms with Crippen molar-refractivity contribution in [1.82, 2.24) is 19.7 Å². The van der Waals surface area contributed by atoms with E-state index in [1.165, 1.54) is 43.3 Å². The highest BCUT2D eigenvalue weighted by atomic mass is 32.2. The van der Waals surface area contributed by atoms with Crippen molar-refractivity contribution in [3.05, 3.63) is 77.7 Å². The summed E-state index contributed by atoms with van der Waals surface area (Å²) in [7, 11) is 0. The van der Waals surface area contributed by atoms with E-state index < -0.39 is 0 Å². The van der Waals surface area contributed by atoms with Crippen molar-refractivity contribution in [3.63, 3.8) is 0 Å². The highest BCUT2D eigenvalue weighted by molar-refractivity contribution is 7.99. The fraction of sp³-hybridized carbons (Fsp3) is 0.240. The van der Waals surface area contributed by atoms with Gasteiger partial charge in [0.1, 0.15) is 0 Å². The number of nitrogens with one attached hydrogen (secondary N) is 1. The number of carbonyl (C=O) groups is 1. The average Bonchev–Trinajstić information content (AvgIpc) is 3.61. The van der Waals surface area contributed by atoms with Crippen molar-refractivity contribution in [2.45, 2.75) is 24.5 Å². The lowest BCUT2D eigenvalue weighted by molar-refractivity contribution is -0.113. The summed E-state index contributed by atoms with van der Waals surface area (Å²) in [6.07, 6.45) is 2.58. The van der Waals surface area contributed by atoms with Crippen molar-refractivity contribution in [2.75, 3.05) is 24.2 Å². The molecule has 1 amide bonds. The molecule has 1 saturated heterocycles. The largest absolute Gasteiger partial charge is 0.325 e. The summed E-state index contributed by atoms with van der Waals surface area (Å²) in [5.74, 6) is 0.977. The number of rotatable bonds is 8. The van der Waals surface area contributed by atoms with Gasteiger partial charge in [-0.25, -0.2) is 0 Å². The zero-order valence-electron chi connectivity index (χ0n) is 18.2. The third-order valence-electron chi connectivity index (χ3n) is 5.56. The van der Waals surface area contributed by atoms with Crippen molar-refractivity contribution in [3.8, 4) is 16.4 Å². The summed E-state index contributed by atoms with van der Waals surface area (Å²) < 4.78 is 2.01. The second-order valence-electron chi connectivity index (χ2n) is 7.97. The lowest BCUT2D eigenvalue weighted by Gasteiger charge is -2.14. The van der Waals surface area contributed by atoms with Crippen molar-refractivity contribution in [2.24, 2.45) is 0 Å². The second-order valence-corrected chi connectivity index (χ2v) is 9.86. The van der Waals surface area contributed by atoms with Crippen LogP contribution in [-0.2, 0) is 11.3 Å². The van der Waals surface area contributed by atoms with Crippen molar-refractivity contribution < 1.29 is 4.79 Å². The van der Waals surface area contributed by atoms with Gasteiger partial charge in [-0.3, -0.25) is 14.3 Å². The number of thiophene rings is 1. The van der Waals surface area contributed by atoms with Crippen molar-refractivity contribution >= 4 is 34.7 Å². The van der Waals surface area contributed by atoms with Crippen LogP contribution in [0.4, 0.5) is 5.69 Å². The molecule has 168 valence electrons. The molecule has 0 unspecified atom stereocenters. The van der Waals surface area contributed by atoms with Gasteiger partial charge in [0.05, 0.1) is 10.6 Å². The highest BCUT2D eigenvalue weighted by Gasteiger charge is 2.18. The van der Waals surface area contributed by atoms with Gasteiger partial charge in [0.15, 0.2) is 11.0 Å². The first-order valence-corrected chi connectivity index (χ1v) is 12.9. The Bertz CT molecular complexity index is 1180. The maximum atomic E-state index is 12.6. The predicted octanol–water partition coefficient (Wildman–Crippen LogP) is 5.32. The molecule has 1 aliphatic heterocycles. The lowest BCUT2D eigenvalue weighted by atomic mass is 10.2. The van der Waals surface area contributed by atoms with Crippen LogP contribution in [0.1, 0.15) is 18.4 Å². The minimum absolute atomic E-state index is 0.0624. The van der Waals surface area contributed by atoms with E-state index in [9.17, 15) is 4.79 Å². The van der Waals surface area contributed by atoms with Crippen LogP contribution in [0, 0.1) is 0 Å². The van der Waals surface area contributed by atoms with Gasteiger partial charge in [-0.2, -0.15) is 0 Å². The number of benzene rings is 2. The van der Waals surface area contributed by atoms with E-state index in [1.54, 1.807) is 11.3 Å². The number of thioether (sulfide) groups is 1. The molecule has 0 spiro atoms. The Morgan fingerprint density at radius 1 is 0.970 bits per heavy atom. The summed E-state index contributed by atoms with van der Waals surface area (Å²) in [6.45, 7) is 3.33. The molecule has 0 bridgehead atoms. The number of nitrogens with zero attached hydrogens (tertiary/aromatic N) is 4. The Kier molecular flexibility index (Phi) is 6.85. The Morgan fingerprint density at radius 2 is 1.76 bits per heavy atom. The van der Waals surface area contributed by atoms with Crippen LogP contribution in [0.5, 0.6) is 0 Å². The van der Waals surface area contributed by atoms with E-state index >= 15 is 0 Å². The van der Waals surface area contributed by atoms with Gasteiger partial charge in [-0.15, -0.1) is 21.5 Å². The number of hydrogen-bond donors (Lipinski definition) is 1. The quantitative estimate of drug-likeness (QED) is 0.349. The maximum absolute atomic E-state index is 12.6. The van der Waals surface area contributed by atoms with Gasteiger partial charge in [0.25, 0.3) is 0 Å². The number of aromatic nitrogens is 3. The van der Waals surface area contributed by atoms with Gasteiger partial charge in [-0.05, 0) is 67.2 Å². The molecule has 0 radical (unpaired) electrons. The first-order chi connectivity index (χ1) is 16.3. The fourth-order valence-electron chi connectivity index (χ4n) is 3.96. The molecule has 0 aliphatic carbocycles. The number of carbonyl (C=O) groups excluding carboxylic acids is 1. The molecule has 1 fully saturated rings. The molecule has 0 saturated carbocycles. The van der Waals surface area contributed by atoms with Gasteiger partial charge >= 0.3 is 0 Å². The highest BCUT2D eigenvalue weighted by Crippen LogP contribution is 2.30. The van der Waals surface area contributed by atoms with Crippen LogP contribution in [0.15, 0.2) is 77.3 Å². The van der Waals surface area contributed by atoms with Crippen molar-refractivity contribution in [1.29, 1.82) is 0 Å². The molecule has 4 aromatic rings. The summed E-state index contributed by atoms with van der Waals surface area (Å²) >= 11 is 3.01. The molecule has 0 atom stereocenters. The molecule has 5 rings (SSSR count). The second kappa shape index (κ2) is 10.3. The molecule has 33 heavy (non-hydrogen) atoms. The number of amides is 1. The number of likely N-dealkylation sites (tertiary alicyclic amines) is 1. The van der Waals surface area contributed by atoms with E-state index in [4.69, 9.17) is 0 Å². The average molecular weight is 476 g/mol. The van der Waals surface area contributed by atoms with Crippen LogP contribution >= 0.6 is 23.1 Å². The summed E-state index contributed by atoms with van der Waals surface area (Å²) in [5, 5.41) is 14.5. The molecule has 1 aliphatic rings. The Morgan fingerprint density at radius 3 is 2.48 bits per heavy atom. The summed E-state index contributed by atoms with van der Waals surface area (Å²) in [4.78, 5) is 16.1. The molecule has 3 heterocycles. The fourth-order valence-corrected chi connectivity index (χ4v) is 5.41. The van der Waals surface area contributed by atoms with E-state index in [1.807, 2.05) is 64.5 Å². The number of para-hydroxylation sites is 1. The molecule has 2 aromatic heterocycles. The lowest BCUT2D eigenvalue weighted by Crippen LogP contribution is -2.18. The molecular formula is C25H25N5OS2. The normalized spacial score (nSPS) is 13.9. The van der Waals surface area contributed by atoms with Crippen LogP contribution in [-0.4, -0.2) is 44.4 Å². The van der Waals surface area contributed by atoms with E-state index in [2.05, 4.69) is 32.5 Å². The SMILES string of the molecule is O=C(CSc1nnc(-c2cccs2)n1-c1ccccc1)Nc1ccc(CN2CCCC2)cc1. The van der Waals surface area contributed by atoms with Crippen LogP contribution < -0.4 is 5.32 Å². The maximum Gasteiger partial charge on any atom is 0.234 e. The first-order valence-electron chi connectivity index (χ1n) is 11.0. The van der Waals surface area contributed by atoms with Crippen LogP contribution in [0.25, 0.3) is 16.4 Å². The minimum atomic E-state index is -0.0624. The molecule has 8 heteroatoms. The van der Waals surface area contributed by atoms with Crippen LogP contribution in [0.3, 0.4) is 0 Å². The van der Waals surface area contributed by atoms with Crippen LogP contribution in [0.2, 0.25) is 0 Å². The van der Waals surface area contributed by atoms with Gasteiger partial charge in [0.2, 0.25) is 5.91 Å². The third-order valence-corrected chi connectivity index (χ3v) is 7.36.